The SMILES string of the molecule is NC(=O)N(c1ccccc1)c1ccc(-c2c(C(=O)c3ccccc3)cnc3c(C(F)(F)F)cccc23)cc1. The topological polar surface area (TPSA) is 76.3 Å². The Morgan fingerprint density at radius 2 is 1.34 bits per heavy atom. The van der Waals surface area contributed by atoms with Gasteiger partial charge in [-0.1, -0.05) is 72.8 Å². The molecule has 8 heteroatoms. The summed E-state index contributed by atoms with van der Waals surface area (Å²) in [6, 6.07) is 26.9. The van der Waals surface area contributed by atoms with Gasteiger partial charge in [0.25, 0.3) is 0 Å². The lowest BCUT2D eigenvalue weighted by Crippen LogP contribution is -2.31. The van der Waals surface area contributed by atoms with Gasteiger partial charge in [-0.2, -0.15) is 13.2 Å². The minimum atomic E-state index is -4.63. The van der Waals surface area contributed by atoms with Crippen molar-refractivity contribution in [3.8, 4) is 11.1 Å². The molecule has 0 unspecified atom stereocenters. The molecule has 0 aliphatic heterocycles. The minimum Gasteiger partial charge on any atom is -0.351 e. The highest BCUT2D eigenvalue weighted by atomic mass is 19.4. The summed E-state index contributed by atoms with van der Waals surface area (Å²) in [6.07, 6.45) is -3.44. The summed E-state index contributed by atoms with van der Waals surface area (Å²) in [6.45, 7) is 0. The number of benzene rings is 4. The molecule has 188 valence electrons. The Morgan fingerprint density at radius 3 is 1.95 bits per heavy atom. The number of hydrogen-bond donors (Lipinski definition) is 1. The number of carbonyl (C=O) groups is 2. The number of urea groups is 1. The van der Waals surface area contributed by atoms with Gasteiger partial charge in [0, 0.05) is 28.3 Å². The number of halogens is 3. The summed E-state index contributed by atoms with van der Waals surface area (Å²) in [5, 5.41) is 0.184. The molecule has 38 heavy (non-hydrogen) atoms. The summed E-state index contributed by atoms with van der Waals surface area (Å²) < 4.78 is 41.4. The van der Waals surface area contributed by atoms with Crippen molar-refractivity contribution in [2.24, 2.45) is 5.73 Å². The molecule has 1 aromatic heterocycles. The Labute approximate surface area is 216 Å². The molecular weight excluding hydrogens is 491 g/mol. The van der Waals surface area contributed by atoms with Crippen LogP contribution in [0.2, 0.25) is 0 Å². The van der Waals surface area contributed by atoms with E-state index in [4.69, 9.17) is 5.73 Å². The molecule has 5 rings (SSSR count). The zero-order valence-electron chi connectivity index (χ0n) is 19.8. The van der Waals surface area contributed by atoms with E-state index in [9.17, 15) is 22.8 Å². The van der Waals surface area contributed by atoms with Crippen molar-refractivity contribution in [1.82, 2.24) is 4.98 Å². The molecule has 0 spiro atoms. The van der Waals surface area contributed by atoms with E-state index in [1.165, 1.54) is 23.2 Å². The number of fused-ring (bicyclic) bond motifs is 1. The Bertz CT molecular complexity index is 1640. The molecule has 1 heterocycles. The second kappa shape index (κ2) is 9.82. The van der Waals surface area contributed by atoms with E-state index in [1.807, 2.05) is 0 Å². The maximum absolute atomic E-state index is 13.8. The standard InChI is InChI=1S/C30H20F3N3O2/c31-30(32,33)25-13-7-12-23-26(24(18-35-27(23)25)28(37)20-8-3-1-4-9-20)19-14-16-22(17-15-19)36(29(34)38)21-10-5-2-6-11-21/h1-18H,(H2,34,38). The number of anilines is 2. The van der Waals surface area contributed by atoms with E-state index in [0.29, 0.717) is 28.1 Å². The van der Waals surface area contributed by atoms with Crippen molar-refractivity contribution in [1.29, 1.82) is 0 Å². The van der Waals surface area contributed by atoms with E-state index >= 15 is 0 Å². The highest BCUT2D eigenvalue weighted by Crippen LogP contribution is 2.39. The van der Waals surface area contributed by atoms with Crippen LogP contribution in [0.5, 0.6) is 0 Å². The van der Waals surface area contributed by atoms with Crippen LogP contribution in [0.15, 0.2) is 109 Å². The van der Waals surface area contributed by atoms with Gasteiger partial charge in [0.15, 0.2) is 5.78 Å². The van der Waals surface area contributed by atoms with Crippen molar-refractivity contribution >= 4 is 34.1 Å². The maximum Gasteiger partial charge on any atom is 0.418 e. The van der Waals surface area contributed by atoms with Gasteiger partial charge in [-0.25, -0.2) is 4.79 Å². The number of nitrogens with zero attached hydrogens (tertiary/aromatic N) is 2. The molecule has 2 N–H and O–H groups in total. The molecule has 2 amide bonds. The normalized spacial score (nSPS) is 11.3. The summed E-state index contributed by atoms with van der Waals surface area (Å²) in [4.78, 5) is 31.1. The molecule has 0 saturated heterocycles. The number of amides is 2. The van der Waals surface area contributed by atoms with Gasteiger partial charge in [-0.3, -0.25) is 14.7 Å². The molecule has 0 fully saturated rings. The molecule has 0 bridgehead atoms. The number of para-hydroxylation sites is 2. The van der Waals surface area contributed by atoms with Crippen molar-refractivity contribution in [3.63, 3.8) is 0 Å². The molecule has 0 radical (unpaired) electrons. The van der Waals surface area contributed by atoms with Gasteiger partial charge in [0.05, 0.1) is 22.5 Å². The van der Waals surface area contributed by atoms with Gasteiger partial charge in [0.2, 0.25) is 0 Å². The van der Waals surface area contributed by atoms with Crippen LogP contribution in [-0.2, 0) is 6.18 Å². The largest absolute Gasteiger partial charge is 0.418 e. The van der Waals surface area contributed by atoms with Crippen LogP contribution in [0.1, 0.15) is 21.5 Å². The average Bonchev–Trinajstić information content (AvgIpc) is 2.92. The molecular formula is C30H20F3N3O2. The highest BCUT2D eigenvalue weighted by molar-refractivity contribution is 6.16. The number of hydrogen-bond acceptors (Lipinski definition) is 3. The number of alkyl halides is 3. The van der Waals surface area contributed by atoms with Crippen LogP contribution >= 0.6 is 0 Å². The predicted octanol–water partition coefficient (Wildman–Crippen LogP) is 7.37. The second-order valence-electron chi connectivity index (χ2n) is 8.50. The number of rotatable bonds is 5. The summed E-state index contributed by atoms with van der Waals surface area (Å²) in [7, 11) is 0. The molecule has 0 atom stereocenters. The molecule has 5 nitrogen and oxygen atoms in total. The first-order valence-electron chi connectivity index (χ1n) is 11.6. The lowest BCUT2D eigenvalue weighted by molar-refractivity contribution is -0.136. The number of nitrogens with two attached hydrogens (primary N) is 1. The zero-order valence-corrected chi connectivity index (χ0v) is 19.8. The predicted molar refractivity (Wildman–Crippen MR) is 140 cm³/mol. The fraction of sp³-hybridized carbons (Fsp3) is 0.0333. The number of primary amides is 1. The van der Waals surface area contributed by atoms with Gasteiger partial charge < -0.3 is 5.73 Å². The molecule has 4 aromatic carbocycles. The first-order chi connectivity index (χ1) is 18.3. The monoisotopic (exact) mass is 511 g/mol. The van der Waals surface area contributed by atoms with Crippen LogP contribution in [0.3, 0.4) is 0 Å². The fourth-order valence-electron chi connectivity index (χ4n) is 4.44. The van der Waals surface area contributed by atoms with Crippen LogP contribution in [0, 0.1) is 0 Å². The quantitative estimate of drug-likeness (QED) is 0.250. The third-order valence-electron chi connectivity index (χ3n) is 6.13. The summed E-state index contributed by atoms with van der Waals surface area (Å²) >= 11 is 0. The van der Waals surface area contributed by atoms with Crippen molar-refractivity contribution < 1.29 is 22.8 Å². The first kappa shape index (κ1) is 24.7. The van der Waals surface area contributed by atoms with Crippen molar-refractivity contribution in [2.75, 3.05) is 4.90 Å². The fourth-order valence-corrected chi connectivity index (χ4v) is 4.44. The number of pyridine rings is 1. The molecule has 0 aliphatic rings. The van der Waals surface area contributed by atoms with Gasteiger partial charge in [0.1, 0.15) is 0 Å². The maximum atomic E-state index is 13.8. The minimum absolute atomic E-state index is 0.158. The summed E-state index contributed by atoms with van der Waals surface area (Å²) in [5.74, 6) is -0.375. The van der Waals surface area contributed by atoms with E-state index in [1.54, 1.807) is 84.9 Å². The van der Waals surface area contributed by atoms with Gasteiger partial charge in [-0.15, -0.1) is 0 Å². The van der Waals surface area contributed by atoms with Crippen molar-refractivity contribution in [2.45, 2.75) is 6.18 Å². The Kier molecular flexibility index (Phi) is 6.38. The Morgan fingerprint density at radius 1 is 0.737 bits per heavy atom. The van der Waals surface area contributed by atoms with E-state index in [2.05, 4.69) is 4.98 Å². The molecule has 5 aromatic rings. The highest BCUT2D eigenvalue weighted by Gasteiger charge is 2.34. The lowest BCUT2D eigenvalue weighted by atomic mass is 9.91. The first-order valence-corrected chi connectivity index (χ1v) is 11.6. The van der Waals surface area contributed by atoms with Crippen LogP contribution in [-0.4, -0.2) is 16.8 Å². The third-order valence-corrected chi connectivity index (χ3v) is 6.13. The van der Waals surface area contributed by atoms with E-state index in [0.717, 1.165) is 6.07 Å². The van der Waals surface area contributed by atoms with E-state index < -0.39 is 17.8 Å². The molecule has 0 aliphatic carbocycles. The second-order valence-corrected chi connectivity index (χ2v) is 8.50. The smallest absolute Gasteiger partial charge is 0.351 e. The average molecular weight is 512 g/mol. The number of aromatic nitrogens is 1. The number of carbonyl (C=O) groups excluding carboxylic acids is 2. The molecule has 0 saturated carbocycles. The van der Waals surface area contributed by atoms with E-state index in [-0.39, 0.29) is 22.2 Å². The number of ketones is 1. The Hall–Kier alpha value is -4.98. The van der Waals surface area contributed by atoms with Crippen LogP contribution in [0.4, 0.5) is 29.3 Å². The zero-order chi connectivity index (χ0) is 26.9. The summed E-state index contributed by atoms with van der Waals surface area (Å²) in [5.41, 5.74) is 6.83. The lowest BCUT2D eigenvalue weighted by Gasteiger charge is -2.21. The van der Waals surface area contributed by atoms with Crippen molar-refractivity contribution in [3.05, 3.63) is 126 Å². The Balaban J connectivity index is 1.71. The van der Waals surface area contributed by atoms with Crippen LogP contribution in [0.25, 0.3) is 22.0 Å². The van der Waals surface area contributed by atoms with Gasteiger partial charge in [-0.05, 0) is 35.9 Å². The third kappa shape index (κ3) is 4.59. The van der Waals surface area contributed by atoms with Crippen LogP contribution < -0.4 is 10.6 Å². The van der Waals surface area contributed by atoms with Gasteiger partial charge >= 0.3 is 12.2 Å².